The number of terminal acetylenes is 1. The Morgan fingerprint density at radius 3 is 2.66 bits per heavy atom. The highest BCUT2D eigenvalue weighted by Gasteiger charge is 2.26. The third-order valence-electron chi connectivity index (χ3n) is 5.31. The lowest BCUT2D eigenvalue weighted by Crippen LogP contribution is -2.41. The molecule has 0 atom stereocenters. The van der Waals surface area contributed by atoms with Crippen molar-refractivity contribution in [3.05, 3.63) is 48.2 Å². The maximum absolute atomic E-state index is 11.7. The van der Waals surface area contributed by atoms with Crippen LogP contribution in [0, 0.1) is 12.3 Å². The topological polar surface area (TPSA) is 93.7 Å². The minimum atomic E-state index is -3.17. The molecular weight excluding hydrogens is 428 g/mol. The second-order valence-electron chi connectivity index (χ2n) is 7.58. The fourth-order valence-electron chi connectivity index (χ4n) is 3.63. The summed E-state index contributed by atoms with van der Waals surface area (Å²) in [6.45, 7) is 0.886. The summed E-state index contributed by atoms with van der Waals surface area (Å²) >= 11 is 0. The van der Waals surface area contributed by atoms with Gasteiger partial charge in [0.2, 0.25) is 16.0 Å². The van der Waals surface area contributed by atoms with Gasteiger partial charge in [0.1, 0.15) is 6.10 Å². The molecule has 9 heteroatoms. The van der Waals surface area contributed by atoms with Gasteiger partial charge in [-0.3, -0.25) is 0 Å². The molecule has 0 saturated carbocycles. The molecule has 2 aromatic carbocycles. The van der Waals surface area contributed by atoms with Crippen LogP contribution in [0.5, 0.6) is 11.5 Å². The minimum Gasteiger partial charge on any atom is -0.493 e. The molecule has 0 spiro atoms. The van der Waals surface area contributed by atoms with Crippen molar-refractivity contribution in [2.45, 2.75) is 18.9 Å². The molecule has 32 heavy (non-hydrogen) atoms. The molecule has 0 aliphatic carbocycles. The van der Waals surface area contributed by atoms with Crippen molar-refractivity contribution in [3.8, 4) is 23.8 Å². The Morgan fingerprint density at radius 1 is 1.19 bits per heavy atom. The number of nitrogens with one attached hydrogen (secondary N) is 1. The first kappa shape index (κ1) is 21.9. The van der Waals surface area contributed by atoms with Crippen molar-refractivity contribution in [1.29, 1.82) is 0 Å². The predicted molar refractivity (Wildman–Crippen MR) is 124 cm³/mol. The molecule has 1 aliphatic rings. The zero-order chi connectivity index (χ0) is 22.7. The van der Waals surface area contributed by atoms with Gasteiger partial charge in [-0.05, 0) is 37.1 Å². The summed E-state index contributed by atoms with van der Waals surface area (Å²) in [4.78, 5) is 8.97. The molecule has 3 aromatic rings. The standard InChI is InChI=1S/C23H24N4O4S/c1-4-16-6-5-7-18(12-16)25-23-24-15-17-13-22(21(30-2)14-20(17)26-23)31-19-8-10-27(11-9-19)32(3,28)29/h1,5-7,12-15,19H,8-11H2,2-3H3,(H,24,25,26). The Balaban J connectivity index is 1.53. The molecule has 0 amide bonds. The predicted octanol–water partition coefficient (Wildman–Crippen LogP) is 3.17. The quantitative estimate of drug-likeness (QED) is 0.574. The lowest BCUT2D eigenvalue weighted by molar-refractivity contribution is 0.131. The third-order valence-corrected chi connectivity index (χ3v) is 6.62. The highest BCUT2D eigenvalue weighted by molar-refractivity contribution is 7.88. The maximum atomic E-state index is 11.7. The van der Waals surface area contributed by atoms with E-state index in [2.05, 4.69) is 21.2 Å². The number of aromatic nitrogens is 2. The SMILES string of the molecule is C#Cc1cccc(Nc2ncc3cc(OC4CCN(S(C)(=O)=O)CC4)c(OC)cc3n2)c1. The van der Waals surface area contributed by atoms with Crippen molar-refractivity contribution in [3.63, 3.8) is 0 Å². The van der Waals surface area contributed by atoms with E-state index in [-0.39, 0.29) is 6.10 Å². The molecule has 1 saturated heterocycles. The van der Waals surface area contributed by atoms with E-state index >= 15 is 0 Å². The van der Waals surface area contributed by atoms with Gasteiger partial charge in [0, 0.05) is 42.0 Å². The van der Waals surface area contributed by atoms with Gasteiger partial charge in [-0.15, -0.1) is 6.42 Å². The summed E-state index contributed by atoms with van der Waals surface area (Å²) in [6.07, 6.45) is 9.55. The van der Waals surface area contributed by atoms with Crippen LogP contribution in [-0.4, -0.2) is 55.3 Å². The molecule has 1 N–H and O–H groups in total. The zero-order valence-electron chi connectivity index (χ0n) is 17.9. The van der Waals surface area contributed by atoms with Crippen LogP contribution in [0.3, 0.4) is 0 Å². The summed E-state index contributed by atoms with van der Waals surface area (Å²) in [5, 5.41) is 3.96. The van der Waals surface area contributed by atoms with Gasteiger partial charge < -0.3 is 14.8 Å². The zero-order valence-corrected chi connectivity index (χ0v) is 18.7. The molecule has 1 aromatic heterocycles. The first-order valence-corrected chi connectivity index (χ1v) is 12.0. The van der Waals surface area contributed by atoms with Crippen LogP contribution < -0.4 is 14.8 Å². The minimum absolute atomic E-state index is 0.0929. The molecule has 0 unspecified atom stereocenters. The van der Waals surface area contributed by atoms with Crippen LogP contribution in [0.4, 0.5) is 11.6 Å². The molecule has 166 valence electrons. The highest BCUT2D eigenvalue weighted by Crippen LogP contribution is 2.34. The van der Waals surface area contributed by atoms with Crippen LogP contribution in [0.15, 0.2) is 42.6 Å². The Labute approximate surface area is 187 Å². The number of hydrogen-bond donors (Lipinski definition) is 1. The average molecular weight is 453 g/mol. The normalized spacial score (nSPS) is 15.3. The van der Waals surface area contributed by atoms with E-state index in [1.807, 2.05) is 30.3 Å². The Morgan fingerprint density at radius 2 is 1.97 bits per heavy atom. The first-order chi connectivity index (χ1) is 15.4. The summed E-state index contributed by atoms with van der Waals surface area (Å²) in [6, 6.07) is 11.1. The largest absolute Gasteiger partial charge is 0.493 e. The van der Waals surface area contributed by atoms with E-state index in [1.165, 1.54) is 10.6 Å². The van der Waals surface area contributed by atoms with Gasteiger partial charge in [0.15, 0.2) is 11.5 Å². The van der Waals surface area contributed by atoms with E-state index in [0.717, 1.165) is 16.6 Å². The fraction of sp³-hybridized carbons (Fsp3) is 0.304. The molecule has 0 bridgehead atoms. The molecule has 1 fully saturated rings. The van der Waals surface area contributed by atoms with Crippen molar-refractivity contribution < 1.29 is 17.9 Å². The number of fused-ring (bicyclic) bond motifs is 1. The van der Waals surface area contributed by atoms with Gasteiger partial charge in [0.05, 0.1) is 18.9 Å². The number of benzene rings is 2. The van der Waals surface area contributed by atoms with E-state index in [9.17, 15) is 8.42 Å². The van der Waals surface area contributed by atoms with Crippen molar-refractivity contribution in [1.82, 2.24) is 14.3 Å². The van der Waals surface area contributed by atoms with Crippen molar-refractivity contribution in [2.24, 2.45) is 0 Å². The molecule has 2 heterocycles. The van der Waals surface area contributed by atoms with Crippen LogP contribution in [0.2, 0.25) is 0 Å². The molecule has 8 nitrogen and oxygen atoms in total. The third kappa shape index (κ3) is 4.93. The monoisotopic (exact) mass is 452 g/mol. The molecule has 4 rings (SSSR count). The average Bonchev–Trinajstić information content (AvgIpc) is 2.78. The number of methoxy groups -OCH3 is 1. The van der Waals surface area contributed by atoms with Crippen LogP contribution >= 0.6 is 0 Å². The smallest absolute Gasteiger partial charge is 0.227 e. The second kappa shape index (κ2) is 9.02. The maximum Gasteiger partial charge on any atom is 0.227 e. The van der Waals surface area contributed by atoms with E-state index < -0.39 is 10.0 Å². The Bertz CT molecular complexity index is 1280. The summed E-state index contributed by atoms with van der Waals surface area (Å²) in [7, 11) is -1.60. The van der Waals surface area contributed by atoms with Gasteiger partial charge >= 0.3 is 0 Å². The molecular formula is C23H24N4O4S. The van der Waals surface area contributed by atoms with E-state index in [0.29, 0.717) is 48.9 Å². The lowest BCUT2D eigenvalue weighted by Gasteiger charge is -2.30. The highest BCUT2D eigenvalue weighted by atomic mass is 32.2. The Hall–Kier alpha value is -3.35. The number of anilines is 2. The van der Waals surface area contributed by atoms with Crippen LogP contribution in [0.25, 0.3) is 10.9 Å². The van der Waals surface area contributed by atoms with Gasteiger partial charge in [-0.1, -0.05) is 12.0 Å². The van der Waals surface area contributed by atoms with Crippen molar-refractivity contribution >= 4 is 32.6 Å². The van der Waals surface area contributed by atoms with E-state index in [4.69, 9.17) is 15.9 Å². The number of nitrogens with zero attached hydrogens (tertiary/aromatic N) is 3. The number of rotatable bonds is 6. The summed E-state index contributed by atoms with van der Waals surface area (Å²) < 4.78 is 36.6. The van der Waals surface area contributed by atoms with Crippen LogP contribution in [0.1, 0.15) is 18.4 Å². The van der Waals surface area contributed by atoms with Gasteiger partial charge in [-0.2, -0.15) is 0 Å². The van der Waals surface area contributed by atoms with Gasteiger partial charge in [-0.25, -0.2) is 22.7 Å². The van der Waals surface area contributed by atoms with Crippen LogP contribution in [-0.2, 0) is 10.0 Å². The first-order valence-electron chi connectivity index (χ1n) is 10.2. The van der Waals surface area contributed by atoms with Crippen molar-refractivity contribution in [2.75, 3.05) is 31.8 Å². The number of piperidine rings is 1. The van der Waals surface area contributed by atoms with E-state index in [1.54, 1.807) is 19.4 Å². The summed E-state index contributed by atoms with van der Waals surface area (Å²) in [5.41, 5.74) is 2.26. The number of sulfonamides is 1. The second-order valence-corrected chi connectivity index (χ2v) is 9.57. The number of ether oxygens (including phenoxy) is 2. The molecule has 1 aliphatic heterocycles. The Kier molecular flexibility index (Phi) is 6.17. The number of hydrogen-bond acceptors (Lipinski definition) is 7. The summed E-state index contributed by atoms with van der Waals surface area (Å²) in [5.74, 6) is 4.19. The lowest BCUT2D eigenvalue weighted by atomic mass is 10.1. The molecule has 0 radical (unpaired) electrons. The van der Waals surface area contributed by atoms with Gasteiger partial charge in [0.25, 0.3) is 0 Å². The fourth-order valence-corrected chi connectivity index (χ4v) is 4.50.